The number of hydrogen-bond donors (Lipinski definition) is 2. The highest BCUT2D eigenvalue weighted by atomic mass is 32.2. The summed E-state index contributed by atoms with van der Waals surface area (Å²) in [7, 11) is -6.78. The maximum Gasteiger partial charge on any atom is 0.178 e. The van der Waals surface area contributed by atoms with E-state index >= 15 is 0 Å². The summed E-state index contributed by atoms with van der Waals surface area (Å²) in [6, 6.07) is 17.1. The molecule has 3 aliphatic heterocycles. The van der Waals surface area contributed by atoms with Gasteiger partial charge in [0.15, 0.2) is 25.5 Å². The maximum atomic E-state index is 12.9. The van der Waals surface area contributed by atoms with Crippen LogP contribution in [0.5, 0.6) is 0 Å². The second kappa shape index (κ2) is 18.1. The van der Waals surface area contributed by atoms with Gasteiger partial charge < -0.3 is 29.2 Å². The van der Waals surface area contributed by atoms with E-state index in [4.69, 9.17) is 24.1 Å². The molecule has 284 valence electrons. The SMILES string of the molecule is C=CC[C@@H]1O[C@H](CC2COC(C)(C)O2)[C@H](C)[C@H]1CS(=O)(=O)c1ccccc1.C=CC[C@@H]1O[C@H](C[C@H](O)CO)[C@H](C)[C@H]1CS(=O)(=O)c1ccccc1. The molecule has 12 heteroatoms. The minimum absolute atomic E-state index is 0.00239. The lowest BCUT2D eigenvalue weighted by atomic mass is 9.87. The van der Waals surface area contributed by atoms with Gasteiger partial charge >= 0.3 is 0 Å². The highest BCUT2D eigenvalue weighted by Gasteiger charge is 2.46. The van der Waals surface area contributed by atoms with Crippen LogP contribution in [-0.4, -0.2) is 94.2 Å². The fourth-order valence-corrected chi connectivity index (χ4v) is 11.0. The number of sulfone groups is 2. The van der Waals surface area contributed by atoms with E-state index in [1.807, 2.05) is 26.8 Å². The molecule has 10 atom stereocenters. The van der Waals surface area contributed by atoms with Gasteiger partial charge in [0.05, 0.1) is 71.1 Å². The van der Waals surface area contributed by atoms with Gasteiger partial charge in [-0.3, -0.25) is 0 Å². The average Bonchev–Trinajstić information content (AvgIpc) is 3.69. The van der Waals surface area contributed by atoms with Crippen molar-refractivity contribution in [2.45, 2.75) is 106 Å². The van der Waals surface area contributed by atoms with E-state index in [1.54, 1.807) is 66.7 Å². The predicted octanol–water partition coefficient (Wildman–Crippen LogP) is 5.40. The molecule has 5 rings (SSSR count). The number of aliphatic hydroxyl groups is 2. The van der Waals surface area contributed by atoms with Crippen molar-refractivity contribution in [2.75, 3.05) is 24.7 Å². The number of rotatable bonds is 15. The van der Waals surface area contributed by atoms with Gasteiger partial charge in [0.25, 0.3) is 0 Å². The molecule has 10 nitrogen and oxygen atoms in total. The van der Waals surface area contributed by atoms with Crippen LogP contribution < -0.4 is 0 Å². The van der Waals surface area contributed by atoms with Crippen molar-refractivity contribution in [1.29, 1.82) is 0 Å². The number of hydrogen-bond acceptors (Lipinski definition) is 10. The van der Waals surface area contributed by atoms with Crippen molar-refractivity contribution in [3.05, 3.63) is 86.0 Å². The second-order valence-electron chi connectivity index (χ2n) is 14.5. The fraction of sp³-hybridized carbons (Fsp3) is 0.590. The summed E-state index contributed by atoms with van der Waals surface area (Å²) in [5.74, 6) is -0.653. The molecule has 0 aliphatic carbocycles. The molecule has 2 aromatic carbocycles. The first-order valence-electron chi connectivity index (χ1n) is 17.8. The summed E-state index contributed by atoms with van der Waals surface area (Å²) >= 11 is 0. The smallest absolute Gasteiger partial charge is 0.178 e. The topological polar surface area (TPSA) is 146 Å². The maximum absolute atomic E-state index is 12.9. The van der Waals surface area contributed by atoms with Gasteiger partial charge in [-0.1, -0.05) is 62.4 Å². The molecule has 0 radical (unpaired) electrons. The van der Waals surface area contributed by atoms with Gasteiger partial charge in [-0.15, -0.1) is 13.2 Å². The van der Waals surface area contributed by atoms with Crippen molar-refractivity contribution in [3.8, 4) is 0 Å². The standard InChI is InChI=1S/C21H30O5S.C18H26O5S/c1-5-9-19-18(14-27(22,23)17-10-7-6-8-11-17)15(2)20(25-19)12-16-13-24-21(3,4)26-16;1-3-7-17-16(13(2)18(23-17)10-14(20)11-19)12-24(21,22)15-8-5-4-6-9-15/h5-8,10-11,15-16,18-20H,1,9,12-14H2,2-4H3;3-6,8-9,13-14,16-20H,1,7,10-12H2,2H3/t15-,16?,18-,19+,20-;13-,14+,16-,17+,18-/m11/s1. The van der Waals surface area contributed by atoms with E-state index in [0.29, 0.717) is 42.1 Å². The largest absolute Gasteiger partial charge is 0.394 e. The van der Waals surface area contributed by atoms with Gasteiger partial charge in [0.1, 0.15) is 0 Å². The molecule has 0 spiro atoms. The fourth-order valence-electron chi connectivity index (χ4n) is 7.41. The van der Waals surface area contributed by atoms with Gasteiger partial charge in [0, 0.05) is 24.7 Å². The Morgan fingerprint density at radius 2 is 1.24 bits per heavy atom. The number of benzene rings is 2. The monoisotopic (exact) mass is 748 g/mol. The van der Waals surface area contributed by atoms with Crippen LogP contribution in [0.3, 0.4) is 0 Å². The van der Waals surface area contributed by atoms with Crippen molar-refractivity contribution in [1.82, 2.24) is 0 Å². The average molecular weight is 749 g/mol. The normalized spacial score (nSPS) is 31.1. The van der Waals surface area contributed by atoms with Crippen LogP contribution in [-0.2, 0) is 38.6 Å². The van der Waals surface area contributed by atoms with E-state index in [0.717, 1.165) is 0 Å². The van der Waals surface area contributed by atoms with Gasteiger partial charge in [0.2, 0.25) is 0 Å². The molecule has 3 heterocycles. The first-order valence-corrected chi connectivity index (χ1v) is 21.1. The van der Waals surface area contributed by atoms with Gasteiger partial charge in [-0.2, -0.15) is 0 Å². The van der Waals surface area contributed by atoms with E-state index < -0.39 is 31.6 Å². The molecule has 2 aromatic rings. The summed E-state index contributed by atoms with van der Waals surface area (Å²) in [4.78, 5) is 0.681. The molecular weight excluding hydrogens is 693 g/mol. The zero-order chi connectivity index (χ0) is 37.4. The Kier molecular flexibility index (Phi) is 14.6. The molecule has 3 aliphatic rings. The van der Waals surface area contributed by atoms with Crippen molar-refractivity contribution in [2.24, 2.45) is 23.7 Å². The Bertz CT molecular complexity index is 1610. The summed E-state index contributed by atoms with van der Waals surface area (Å²) in [5.41, 5.74) is 0. The minimum Gasteiger partial charge on any atom is -0.394 e. The Hall–Kier alpha value is -2.42. The lowest BCUT2D eigenvalue weighted by molar-refractivity contribution is -0.142. The Balaban J connectivity index is 0.000000230. The molecular formula is C39H56O10S2. The van der Waals surface area contributed by atoms with Crippen LogP contribution in [0.15, 0.2) is 95.8 Å². The van der Waals surface area contributed by atoms with Crippen molar-refractivity contribution < 1.29 is 46.0 Å². The lowest BCUT2D eigenvalue weighted by Gasteiger charge is -2.22. The van der Waals surface area contributed by atoms with Crippen LogP contribution in [0.1, 0.15) is 53.4 Å². The van der Waals surface area contributed by atoms with Crippen LogP contribution in [0, 0.1) is 23.7 Å². The van der Waals surface area contributed by atoms with Crippen LogP contribution in [0.25, 0.3) is 0 Å². The van der Waals surface area contributed by atoms with E-state index in [9.17, 15) is 21.9 Å². The zero-order valence-corrected chi connectivity index (χ0v) is 31.9. The van der Waals surface area contributed by atoms with Crippen molar-refractivity contribution >= 4 is 19.7 Å². The Morgan fingerprint density at radius 3 is 1.65 bits per heavy atom. The third-order valence-electron chi connectivity index (χ3n) is 10.3. The van der Waals surface area contributed by atoms with Crippen molar-refractivity contribution in [3.63, 3.8) is 0 Å². The van der Waals surface area contributed by atoms with E-state index in [-0.39, 0.29) is 72.3 Å². The van der Waals surface area contributed by atoms with E-state index in [2.05, 4.69) is 20.1 Å². The first kappa shape index (κ1) is 41.3. The molecule has 3 fully saturated rings. The molecule has 51 heavy (non-hydrogen) atoms. The lowest BCUT2D eigenvalue weighted by Crippen LogP contribution is -2.29. The first-order chi connectivity index (χ1) is 24.1. The zero-order valence-electron chi connectivity index (χ0n) is 30.2. The highest BCUT2D eigenvalue weighted by Crippen LogP contribution is 2.40. The van der Waals surface area contributed by atoms with Crippen LogP contribution in [0.2, 0.25) is 0 Å². The quantitative estimate of drug-likeness (QED) is 0.227. The molecule has 0 saturated carbocycles. The Morgan fingerprint density at radius 1 is 0.784 bits per heavy atom. The molecule has 0 amide bonds. The predicted molar refractivity (Wildman–Crippen MR) is 196 cm³/mol. The van der Waals surface area contributed by atoms with Crippen LogP contribution >= 0.6 is 0 Å². The molecule has 2 N–H and O–H groups in total. The number of aliphatic hydroxyl groups excluding tert-OH is 2. The summed E-state index contributed by atoms with van der Waals surface area (Å²) in [6.07, 6.45) is 4.16. The highest BCUT2D eigenvalue weighted by molar-refractivity contribution is 7.91. The molecule has 0 aromatic heterocycles. The summed E-state index contributed by atoms with van der Waals surface area (Å²) in [6.45, 7) is 15.6. The molecule has 1 unspecified atom stereocenters. The summed E-state index contributed by atoms with van der Waals surface area (Å²) in [5, 5.41) is 18.7. The van der Waals surface area contributed by atoms with E-state index in [1.165, 1.54) is 0 Å². The minimum atomic E-state index is -3.41. The third kappa shape index (κ3) is 11.1. The van der Waals surface area contributed by atoms with Crippen LogP contribution in [0.4, 0.5) is 0 Å². The second-order valence-corrected chi connectivity index (χ2v) is 18.5. The molecule has 0 bridgehead atoms. The summed E-state index contributed by atoms with van der Waals surface area (Å²) < 4.78 is 75.0. The molecule has 3 saturated heterocycles. The van der Waals surface area contributed by atoms with Gasteiger partial charge in [-0.05, 0) is 62.8 Å². The Labute approximate surface area is 304 Å². The number of ether oxygens (including phenoxy) is 4. The third-order valence-corrected chi connectivity index (χ3v) is 13.9. The van der Waals surface area contributed by atoms with Gasteiger partial charge in [-0.25, -0.2) is 16.8 Å².